The molecule has 2 fully saturated rings. The van der Waals surface area contributed by atoms with Crippen LogP contribution in [-0.2, 0) is 16.0 Å². The van der Waals surface area contributed by atoms with Gasteiger partial charge in [-0.1, -0.05) is 6.07 Å². The molecule has 0 saturated carbocycles. The lowest BCUT2D eigenvalue weighted by atomic mass is 10.2. The third kappa shape index (κ3) is 5.64. The Morgan fingerprint density at radius 3 is 2.51 bits per heavy atom. The van der Waals surface area contributed by atoms with Gasteiger partial charge >= 0.3 is 11.8 Å². The predicted octanol–water partition coefficient (Wildman–Crippen LogP) is 3.06. The van der Waals surface area contributed by atoms with Crippen LogP contribution in [0.5, 0.6) is 0 Å². The van der Waals surface area contributed by atoms with Gasteiger partial charge in [0.1, 0.15) is 6.10 Å². The van der Waals surface area contributed by atoms with Crippen LogP contribution in [-0.4, -0.2) is 67.3 Å². The molecule has 2 amide bonds. The Hall–Kier alpha value is -4.19. The number of pyridine rings is 1. The second-order valence-electron chi connectivity index (χ2n) is 8.77. The van der Waals surface area contributed by atoms with Crippen LogP contribution in [0.25, 0.3) is 0 Å². The first kappa shape index (κ1) is 24.5. The number of rotatable bonds is 8. The summed E-state index contributed by atoms with van der Waals surface area (Å²) in [4.78, 5) is 46.4. The summed E-state index contributed by atoms with van der Waals surface area (Å²) in [5.74, 6) is 0.298. The Kier molecular flexibility index (Phi) is 7.17. The minimum absolute atomic E-state index is 0.0122. The van der Waals surface area contributed by atoms with Gasteiger partial charge in [-0.15, -0.1) is 11.3 Å². The molecule has 192 valence electrons. The molecule has 1 unspecified atom stereocenters. The molecule has 2 aliphatic heterocycles. The number of cyclic esters (lactones) is 1. The number of hydrogen-bond donors (Lipinski definition) is 1. The lowest BCUT2D eigenvalue weighted by molar-refractivity contribution is -0.384. The normalized spacial score (nSPS) is 17.6. The van der Waals surface area contributed by atoms with E-state index >= 15 is 0 Å². The summed E-state index contributed by atoms with van der Waals surface area (Å²) >= 11 is 1.53. The van der Waals surface area contributed by atoms with Crippen molar-refractivity contribution in [2.75, 3.05) is 54.0 Å². The maximum atomic E-state index is 12.4. The van der Waals surface area contributed by atoms with Crippen LogP contribution in [0.4, 0.5) is 27.7 Å². The maximum absolute atomic E-state index is 12.4. The zero-order valence-electron chi connectivity index (χ0n) is 20.0. The maximum Gasteiger partial charge on any atom is 0.414 e. The van der Waals surface area contributed by atoms with Crippen LogP contribution in [0.3, 0.4) is 0 Å². The third-order valence-electron chi connectivity index (χ3n) is 6.38. The number of hydrogen-bond acceptors (Lipinski definition) is 9. The van der Waals surface area contributed by atoms with Crippen LogP contribution in [0, 0.1) is 10.1 Å². The summed E-state index contributed by atoms with van der Waals surface area (Å²) < 4.78 is 5.45. The van der Waals surface area contributed by atoms with E-state index in [2.05, 4.69) is 15.2 Å². The van der Waals surface area contributed by atoms with Crippen LogP contribution < -0.4 is 20.0 Å². The van der Waals surface area contributed by atoms with Crippen molar-refractivity contribution in [3.05, 3.63) is 75.1 Å². The van der Waals surface area contributed by atoms with E-state index in [1.165, 1.54) is 17.4 Å². The predicted molar refractivity (Wildman–Crippen MR) is 140 cm³/mol. The minimum Gasteiger partial charge on any atom is -0.442 e. The Morgan fingerprint density at radius 1 is 1.08 bits per heavy atom. The van der Waals surface area contributed by atoms with Gasteiger partial charge in [-0.05, 0) is 41.8 Å². The SMILES string of the molecule is O=C(Cc1cccs1)NCC1CN(c2ccc(N3CCN(c4ncccc4[N+](=O)[O-])CC3)cc2)C(=O)O1. The molecule has 5 rings (SSSR count). The van der Waals surface area contributed by atoms with Gasteiger partial charge in [-0.3, -0.25) is 19.8 Å². The number of piperazine rings is 1. The molecule has 2 aliphatic rings. The first-order valence-corrected chi connectivity index (χ1v) is 12.8. The lowest BCUT2D eigenvalue weighted by Crippen LogP contribution is -2.47. The molecule has 0 spiro atoms. The molecule has 12 heteroatoms. The van der Waals surface area contributed by atoms with Gasteiger partial charge in [0.2, 0.25) is 11.7 Å². The summed E-state index contributed by atoms with van der Waals surface area (Å²) in [6, 6.07) is 14.5. The van der Waals surface area contributed by atoms with Gasteiger partial charge < -0.3 is 19.9 Å². The number of nitro groups is 1. The number of carbonyl (C=O) groups is 2. The average molecular weight is 523 g/mol. The van der Waals surface area contributed by atoms with Gasteiger partial charge in [0.05, 0.1) is 24.4 Å². The fourth-order valence-corrected chi connectivity index (χ4v) is 5.20. The molecule has 11 nitrogen and oxygen atoms in total. The van der Waals surface area contributed by atoms with E-state index in [4.69, 9.17) is 4.74 Å². The molecule has 37 heavy (non-hydrogen) atoms. The third-order valence-corrected chi connectivity index (χ3v) is 7.26. The summed E-state index contributed by atoms with van der Waals surface area (Å²) in [6.07, 6.45) is 1.04. The molecule has 3 aromatic rings. The zero-order chi connectivity index (χ0) is 25.8. The molecule has 4 heterocycles. The number of aromatic nitrogens is 1. The number of benzene rings is 1. The topological polar surface area (TPSA) is 121 Å². The van der Waals surface area contributed by atoms with E-state index in [9.17, 15) is 19.7 Å². The Morgan fingerprint density at radius 2 is 1.81 bits per heavy atom. The van der Waals surface area contributed by atoms with E-state index in [1.807, 2.05) is 46.7 Å². The smallest absolute Gasteiger partial charge is 0.414 e. The van der Waals surface area contributed by atoms with Gasteiger partial charge in [-0.25, -0.2) is 9.78 Å². The van der Waals surface area contributed by atoms with Crippen molar-refractivity contribution in [2.45, 2.75) is 12.5 Å². The molecule has 1 atom stereocenters. The van der Waals surface area contributed by atoms with Crippen LogP contribution in [0.15, 0.2) is 60.1 Å². The van der Waals surface area contributed by atoms with Crippen molar-refractivity contribution in [1.82, 2.24) is 10.3 Å². The molecule has 0 aliphatic carbocycles. The van der Waals surface area contributed by atoms with Gasteiger partial charge in [0, 0.05) is 54.7 Å². The first-order valence-electron chi connectivity index (χ1n) is 11.9. The number of amides is 2. The summed E-state index contributed by atoms with van der Waals surface area (Å²) in [5, 5.41) is 16.1. The van der Waals surface area contributed by atoms with E-state index in [0.717, 1.165) is 16.3 Å². The number of ether oxygens (including phenoxy) is 1. The fourth-order valence-electron chi connectivity index (χ4n) is 4.49. The van der Waals surface area contributed by atoms with Crippen molar-refractivity contribution in [3.8, 4) is 0 Å². The molecule has 0 bridgehead atoms. The van der Waals surface area contributed by atoms with E-state index in [-0.39, 0.29) is 18.1 Å². The molecule has 2 saturated heterocycles. The molecule has 2 aromatic heterocycles. The molecule has 1 aromatic carbocycles. The van der Waals surface area contributed by atoms with Gasteiger partial charge in [0.15, 0.2) is 0 Å². The molecular formula is C25H26N6O5S. The van der Waals surface area contributed by atoms with E-state index in [1.54, 1.807) is 17.2 Å². The van der Waals surface area contributed by atoms with Gasteiger partial charge in [-0.2, -0.15) is 0 Å². The van der Waals surface area contributed by atoms with E-state index < -0.39 is 17.1 Å². The first-order chi connectivity index (χ1) is 18.0. The Bertz CT molecular complexity index is 1260. The van der Waals surface area contributed by atoms with Crippen molar-refractivity contribution in [3.63, 3.8) is 0 Å². The second kappa shape index (κ2) is 10.8. The number of nitrogens with one attached hydrogen (secondary N) is 1. The van der Waals surface area contributed by atoms with Crippen LogP contribution in [0.1, 0.15) is 4.88 Å². The molecule has 0 radical (unpaired) electrons. The highest BCUT2D eigenvalue weighted by atomic mass is 32.1. The number of carbonyl (C=O) groups excluding carboxylic acids is 2. The molecule has 1 N–H and O–H groups in total. The van der Waals surface area contributed by atoms with Crippen LogP contribution in [0.2, 0.25) is 0 Å². The monoisotopic (exact) mass is 522 g/mol. The Balaban J connectivity index is 1.13. The number of nitrogens with zero attached hydrogens (tertiary/aromatic N) is 5. The standard InChI is InChI=1S/C25H26N6O5S/c32-23(15-21-3-2-14-37-21)27-16-20-17-30(25(33)36-20)19-7-5-18(6-8-19)28-10-12-29(13-11-28)24-22(31(34)35)4-1-9-26-24/h1-9,14,20H,10-13,15-17H2,(H,27,32). The largest absolute Gasteiger partial charge is 0.442 e. The Labute approximate surface area is 217 Å². The van der Waals surface area contributed by atoms with Crippen LogP contribution >= 0.6 is 11.3 Å². The minimum atomic E-state index is -0.434. The van der Waals surface area contributed by atoms with E-state index in [0.29, 0.717) is 45.0 Å². The van der Waals surface area contributed by atoms with Crippen molar-refractivity contribution in [1.29, 1.82) is 0 Å². The summed E-state index contributed by atoms with van der Waals surface area (Å²) in [7, 11) is 0. The quantitative estimate of drug-likeness (QED) is 0.354. The zero-order valence-corrected chi connectivity index (χ0v) is 20.8. The fraction of sp³-hybridized carbons (Fsp3) is 0.320. The molecular weight excluding hydrogens is 496 g/mol. The second-order valence-corrected chi connectivity index (χ2v) is 9.80. The highest BCUT2D eigenvalue weighted by Gasteiger charge is 2.32. The van der Waals surface area contributed by atoms with Gasteiger partial charge in [0.25, 0.3) is 0 Å². The lowest BCUT2D eigenvalue weighted by Gasteiger charge is -2.36. The highest BCUT2D eigenvalue weighted by Crippen LogP contribution is 2.28. The highest BCUT2D eigenvalue weighted by molar-refractivity contribution is 7.10. The number of anilines is 3. The van der Waals surface area contributed by atoms with Crippen molar-refractivity contribution < 1.29 is 19.2 Å². The van der Waals surface area contributed by atoms with Crippen molar-refractivity contribution in [2.24, 2.45) is 0 Å². The summed E-state index contributed by atoms with van der Waals surface area (Å²) in [6.45, 7) is 3.22. The van der Waals surface area contributed by atoms with Crippen molar-refractivity contribution >= 4 is 46.2 Å². The number of thiophene rings is 1. The summed E-state index contributed by atoms with van der Waals surface area (Å²) in [5.41, 5.74) is 1.74. The average Bonchev–Trinajstić information content (AvgIpc) is 3.57.